The average Bonchev–Trinajstić information content (AvgIpc) is 3.92. The first-order valence-corrected chi connectivity index (χ1v) is 23.7. The number of fused-ring (bicyclic) bond motifs is 12. The summed E-state index contributed by atoms with van der Waals surface area (Å²) in [5.41, 5.74) is 12.0. The summed E-state index contributed by atoms with van der Waals surface area (Å²) >= 11 is 0.180. The van der Waals surface area contributed by atoms with Crippen LogP contribution in [-0.4, -0.2) is 14.5 Å². The monoisotopic (exact) mass is 876 g/mol. The van der Waals surface area contributed by atoms with E-state index in [0.717, 1.165) is 16.6 Å². The molecule has 2 heterocycles. The van der Waals surface area contributed by atoms with Gasteiger partial charge in [-0.15, -0.1) is 0 Å². The Morgan fingerprint density at radius 1 is 0.250 bits per heavy atom. The Labute approximate surface area is 374 Å². The van der Waals surface area contributed by atoms with Crippen molar-refractivity contribution in [2.45, 2.75) is 0 Å². The van der Waals surface area contributed by atoms with Gasteiger partial charge in [0.25, 0.3) is 0 Å². The first-order chi connectivity index (χ1) is 31.7. The van der Waals surface area contributed by atoms with Gasteiger partial charge in [-0.25, -0.2) is 0 Å². The van der Waals surface area contributed by atoms with Gasteiger partial charge in [-0.05, 0) is 11.5 Å². The molecule has 1 nitrogen and oxygen atoms in total. The van der Waals surface area contributed by atoms with Crippen molar-refractivity contribution in [3.63, 3.8) is 0 Å². The van der Waals surface area contributed by atoms with E-state index in [1.54, 1.807) is 0 Å². The van der Waals surface area contributed by atoms with Crippen molar-refractivity contribution >= 4 is 110 Å². The summed E-state index contributed by atoms with van der Waals surface area (Å²) in [6.45, 7) is 0. The minimum absolute atomic E-state index is 0.180. The van der Waals surface area contributed by atoms with Crippen molar-refractivity contribution in [1.82, 2.24) is 0 Å². The maximum absolute atomic E-state index is 6.45. The van der Waals surface area contributed by atoms with Gasteiger partial charge in [0.1, 0.15) is 0 Å². The van der Waals surface area contributed by atoms with Crippen LogP contribution in [0.2, 0.25) is 0 Å². The third-order valence-electron chi connectivity index (χ3n) is 13.6. The Bertz CT molecular complexity index is 4130. The second-order valence-electron chi connectivity index (χ2n) is 17.0. The summed E-state index contributed by atoms with van der Waals surface area (Å²) in [6.07, 6.45) is 0. The predicted octanol–water partition coefficient (Wildman–Crippen LogP) is 17.4. The fourth-order valence-electron chi connectivity index (χ4n) is 10.9. The molecule has 0 saturated carbocycles. The first-order valence-electron chi connectivity index (χ1n) is 22.0. The molecular formula is C62H36OSe. The van der Waals surface area contributed by atoms with E-state index in [0.29, 0.717) is 0 Å². The zero-order valence-electron chi connectivity index (χ0n) is 34.6. The molecule has 0 aliphatic carbocycles. The number of hydrogen-bond donors (Lipinski definition) is 0. The molecule has 0 amide bonds. The fourth-order valence-corrected chi connectivity index (χ4v) is 13.3. The van der Waals surface area contributed by atoms with Gasteiger partial charge in [0, 0.05) is 0 Å². The third-order valence-corrected chi connectivity index (χ3v) is 16.0. The Balaban J connectivity index is 0.951. The second-order valence-corrected chi connectivity index (χ2v) is 19.3. The molecule has 0 saturated heterocycles. The molecular weight excluding hydrogens is 840 g/mol. The molecule has 0 N–H and O–H groups in total. The Hall–Kier alpha value is -7.74. The summed E-state index contributed by atoms with van der Waals surface area (Å²) in [4.78, 5) is 0. The van der Waals surface area contributed by atoms with Gasteiger partial charge < -0.3 is 0 Å². The van der Waals surface area contributed by atoms with Crippen LogP contribution in [0.1, 0.15) is 0 Å². The molecule has 296 valence electrons. The molecule has 14 aromatic rings. The number of rotatable bonds is 4. The molecule has 12 aromatic carbocycles. The van der Waals surface area contributed by atoms with Crippen LogP contribution >= 0.6 is 0 Å². The summed E-state index contributed by atoms with van der Waals surface area (Å²) < 4.78 is 9.33. The van der Waals surface area contributed by atoms with Gasteiger partial charge in [0.15, 0.2) is 0 Å². The van der Waals surface area contributed by atoms with E-state index in [-0.39, 0.29) is 14.5 Å². The van der Waals surface area contributed by atoms with Crippen LogP contribution in [0.15, 0.2) is 223 Å². The molecule has 0 radical (unpaired) electrons. The van der Waals surface area contributed by atoms with Crippen LogP contribution in [0.25, 0.3) is 140 Å². The molecule has 0 aliphatic heterocycles. The maximum atomic E-state index is 6.45. The second kappa shape index (κ2) is 13.9. The first kappa shape index (κ1) is 35.8. The van der Waals surface area contributed by atoms with E-state index in [2.05, 4.69) is 218 Å². The normalized spacial score (nSPS) is 12.1. The standard InChI is InChI=1S/C62H36OSe/c1-2-15-38(16-3-1)58-44-18-6-8-20-46(44)60(47-21-9-7-19-45(47)58)40-29-33-56-52(34-40)43-30-26-41(36-57(43)64-56)61-50-24-12-10-22-48(50)59(49-23-11-13-25-51(49)61)39-28-31-54-53(35-39)62-42-17-5-4-14-37(42)27-32-55(62)63-54/h1-36H. The van der Waals surface area contributed by atoms with Crippen LogP contribution in [-0.2, 0) is 0 Å². The van der Waals surface area contributed by atoms with E-state index in [1.807, 2.05) is 0 Å². The Kier molecular flexibility index (Phi) is 7.77. The van der Waals surface area contributed by atoms with Crippen LogP contribution in [0.4, 0.5) is 0 Å². The van der Waals surface area contributed by atoms with Crippen molar-refractivity contribution < 1.29 is 4.42 Å². The topological polar surface area (TPSA) is 13.1 Å². The summed E-state index contributed by atoms with van der Waals surface area (Å²) in [6, 6.07) is 81.0. The van der Waals surface area contributed by atoms with Crippen LogP contribution in [0, 0.1) is 0 Å². The molecule has 0 atom stereocenters. The van der Waals surface area contributed by atoms with E-state index in [1.165, 1.54) is 123 Å². The summed E-state index contributed by atoms with van der Waals surface area (Å²) in [5, 5.41) is 17.7. The van der Waals surface area contributed by atoms with Crippen molar-refractivity contribution in [2.24, 2.45) is 0 Å². The van der Waals surface area contributed by atoms with Gasteiger partial charge in [-0.1, -0.05) is 30.3 Å². The average molecular weight is 876 g/mol. The number of furan rings is 1. The Morgan fingerprint density at radius 3 is 1.27 bits per heavy atom. The quantitative estimate of drug-likeness (QED) is 0.127. The van der Waals surface area contributed by atoms with Crippen LogP contribution in [0.3, 0.4) is 0 Å². The van der Waals surface area contributed by atoms with Crippen LogP contribution in [0.5, 0.6) is 0 Å². The molecule has 2 heteroatoms. The Morgan fingerprint density at radius 2 is 0.688 bits per heavy atom. The number of benzene rings is 12. The predicted molar refractivity (Wildman–Crippen MR) is 275 cm³/mol. The zero-order valence-corrected chi connectivity index (χ0v) is 36.3. The van der Waals surface area contributed by atoms with Gasteiger partial charge in [-0.2, -0.15) is 0 Å². The van der Waals surface area contributed by atoms with Gasteiger partial charge in [-0.3, -0.25) is 0 Å². The molecule has 0 bridgehead atoms. The van der Waals surface area contributed by atoms with E-state index in [4.69, 9.17) is 4.42 Å². The molecule has 0 fully saturated rings. The molecule has 14 rings (SSSR count). The molecule has 0 unspecified atom stereocenters. The summed E-state index contributed by atoms with van der Waals surface area (Å²) in [7, 11) is 0. The van der Waals surface area contributed by atoms with E-state index >= 15 is 0 Å². The van der Waals surface area contributed by atoms with Crippen molar-refractivity contribution in [3.8, 4) is 44.5 Å². The summed E-state index contributed by atoms with van der Waals surface area (Å²) in [5.74, 6) is 0. The molecule has 0 aliphatic rings. The van der Waals surface area contributed by atoms with Crippen molar-refractivity contribution in [1.29, 1.82) is 0 Å². The molecule has 64 heavy (non-hydrogen) atoms. The fraction of sp³-hybridized carbons (Fsp3) is 0. The molecule has 0 spiro atoms. The zero-order chi connectivity index (χ0) is 41.9. The van der Waals surface area contributed by atoms with Gasteiger partial charge in [0.2, 0.25) is 0 Å². The van der Waals surface area contributed by atoms with Crippen LogP contribution < -0.4 is 0 Å². The van der Waals surface area contributed by atoms with Gasteiger partial charge >= 0.3 is 335 Å². The van der Waals surface area contributed by atoms with Crippen molar-refractivity contribution in [2.75, 3.05) is 0 Å². The molecule has 2 aromatic heterocycles. The van der Waals surface area contributed by atoms with E-state index < -0.39 is 0 Å². The third kappa shape index (κ3) is 5.25. The van der Waals surface area contributed by atoms with Gasteiger partial charge in [0.05, 0.1) is 0 Å². The van der Waals surface area contributed by atoms with E-state index in [9.17, 15) is 0 Å². The van der Waals surface area contributed by atoms with Crippen molar-refractivity contribution in [3.05, 3.63) is 218 Å². The SMILES string of the molecule is c1ccc(-c2c3ccccc3c(-c3ccc4[se]c5cc(-c6c7ccccc7c(-c7ccc8oc9ccc%10ccccc%10c9c8c7)c7ccccc67)ccc5c4c3)c3ccccc23)cc1. The number of hydrogen-bond acceptors (Lipinski definition) is 1. The minimum atomic E-state index is 0.180.